The lowest BCUT2D eigenvalue weighted by atomic mass is 10.0. The van der Waals surface area contributed by atoms with Gasteiger partial charge in [0.2, 0.25) is 11.8 Å². The zero-order valence-electron chi connectivity index (χ0n) is 17.8. The van der Waals surface area contributed by atoms with Crippen LogP contribution in [0, 0.1) is 5.82 Å². The number of nitrogens with one attached hydrogen (secondary N) is 2. The molecule has 7 nitrogen and oxygen atoms in total. The van der Waals surface area contributed by atoms with Crippen LogP contribution < -0.4 is 10.6 Å². The van der Waals surface area contributed by atoms with Gasteiger partial charge in [0, 0.05) is 30.8 Å². The Morgan fingerprint density at radius 3 is 2.47 bits per heavy atom. The number of para-hydroxylation sites is 1. The number of hydrogen-bond acceptors (Lipinski definition) is 5. The molecule has 0 aliphatic rings. The number of rotatable bonds is 8. The molecule has 166 valence electrons. The molecule has 0 saturated heterocycles. The molecule has 3 rings (SSSR count). The van der Waals surface area contributed by atoms with E-state index in [0.29, 0.717) is 11.3 Å². The summed E-state index contributed by atoms with van der Waals surface area (Å²) < 4.78 is 18.4. The van der Waals surface area contributed by atoms with Gasteiger partial charge in [-0.25, -0.2) is 9.18 Å². The largest absolute Gasteiger partial charge is 0.467 e. The number of halogens is 1. The average molecular weight is 437 g/mol. The van der Waals surface area contributed by atoms with E-state index < -0.39 is 35.7 Å². The van der Waals surface area contributed by atoms with Gasteiger partial charge >= 0.3 is 5.97 Å². The highest BCUT2D eigenvalue weighted by molar-refractivity contribution is 5.90. The maximum absolute atomic E-state index is 13.5. The molecule has 2 N–H and O–H groups in total. The third kappa shape index (κ3) is 6.10. The molecule has 2 atom stereocenters. The van der Waals surface area contributed by atoms with Gasteiger partial charge in [-0.1, -0.05) is 36.4 Å². The number of hydrogen-bond donors (Lipinski definition) is 2. The first-order valence-corrected chi connectivity index (χ1v) is 10.1. The van der Waals surface area contributed by atoms with Gasteiger partial charge in [0.15, 0.2) is 0 Å². The van der Waals surface area contributed by atoms with Gasteiger partial charge in [0.05, 0.1) is 12.6 Å². The van der Waals surface area contributed by atoms with Crippen LogP contribution >= 0.6 is 0 Å². The van der Waals surface area contributed by atoms with Crippen molar-refractivity contribution in [1.29, 1.82) is 0 Å². The fraction of sp³-hybridized carbons (Fsp3) is 0.250. The van der Waals surface area contributed by atoms with Crippen molar-refractivity contribution in [1.82, 2.24) is 15.6 Å². The van der Waals surface area contributed by atoms with Crippen LogP contribution in [0.15, 0.2) is 60.7 Å². The van der Waals surface area contributed by atoms with Crippen molar-refractivity contribution >= 4 is 28.7 Å². The van der Waals surface area contributed by atoms with Crippen LogP contribution in [-0.2, 0) is 32.0 Å². The molecule has 0 aliphatic heterocycles. The molecule has 1 heterocycles. The first-order valence-electron chi connectivity index (χ1n) is 10.1. The number of amides is 2. The monoisotopic (exact) mass is 437 g/mol. The van der Waals surface area contributed by atoms with Crippen molar-refractivity contribution in [3.8, 4) is 0 Å². The molecule has 8 heteroatoms. The van der Waals surface area contributed by atoms with Gasteiger partial charge in [-0.3, -0.25) is 14.6 Å². The van der Waals surface area contributed by atoms with E-state index in [2.05, 4.69) is 15.6 Å². The maximum atomic E-state index is 13.5. The van der Waals surface area contributed by atoms with Gasteiger partial charge in [-0.2, -0.15) is 0 Å². The lowest BCUT2D eigenvalue weighted by Crippen LogP contribution is -2.53. The molecule has 3 aromatic rings. The molecule has 2 amide bonds. The SMILES string of the molecule is COC(=O)[C@@H](Cc1ccc2ccccc2n1)NC(=O)[C@@H](Cc1cccc(F)c1)NC(C)=O. The summed E-state index contributed by atoms with van der Waals surface area (Å²) in [5.74, 6) is -2.09. The third-order valence-corrected chi connectivity index (χ3v) is 4.89. The molecular weight excluding hydrogens is 413 g/mol. The van der Waals surface area contributed by atoms with Crippen LogP contribution in [0.25, 0.3) is 10.9 Å². The standard InChI is InChI=1S/C24H24FN3O4/c1-15(29)26-21(13-16-6-5-8-18(25)12-16)23(30)28-22(24(31)32-2)14-19-11-10-17-7-3-4-9-20(17)27-19/h3-12,21-22H,13-14H2,1-2H3,(H,26,29)(H,28,30)/t21-,22-/m1/s1. The zero-order chi connectivity index (χ0) is 23.1. The fourth-order valence-electron chi connectivity index (χ4n) is 3.39. The predicted molar refractivity (Wildman–Crippen MR) is 117 cm³/mol. The Kier molecular flexibility index (Phi) is 7.49. The quantitative estimate of drug-likeness (QED) is 0.527. The Balaban J connectivity index is 1.78. The van der Waals surface area contributed by atoms with Crippen LogP contribution in [0.1, 0.15) is 18.2 Å². The third-order valence-electron chi connectivity index (χ3n) is 4.89. The number of carbonyl (C=O) groups excluding carboxylic acids is 3. The molecule has 32 heavy (non-hydrogen) atoms. The van der Waals surface area contributed by atoms with Crippen LogP contribution in [0.3, 0.4) is 0 Å². The second-order valence-electron chi connectivity index (χ2n) is 7.37. The number of aromatic nitrogens is 1. The molecule has 2 aromatic carbocycles. The van der Waals surface area contributed by atoms with Gasteiger partial charge in [-0.05, 0) is 29.8 Å². The second-order valence-corrected chi connectivity index (χ2v) is 7.37. The summed E-state index contributed by atoms with van der Waals surface area (Å²) in [6, 6.07) is 15.0. The van der Waals surface area contributed by atoms with E-state index in [9.17, 15) is 18.8 Å². The zero-order valence-corrected chi connectivity index (χ0v) is 17.8. The summed E-state index contributed by atoms with van der Waals surface area (Å²) in [6.07, 6.45) is 0.168. The van der Waals surface area contributed by atoms with E-state index in [1.165, 1.54) is 32.2 Å². The number of carbonyl (C=O) groups is 3. The molecule has 0 radical (unpaired) electrons. The highest BCUT2D eigenvalue weighted by atomic mass is 19.1. The average Bonchev–Trinajstić information content (AvgIpc) is 2.77. The van der Waals surface area contributed by atoms with E-state index >= 15 is 0 Å². The molecule has 1 aromatic heterocycles. The van der Waals surface area contributed by atoms with Crippen LogP contribution in [0.5, 0.6) is 0 Å². The van der Waals surface area contributed by atoms with E-state index in [1.54, 1.807) is 12.1 Å². The minimum absolute atomic E-state index is 0.0608. The number of nitrogens with zero attached hydrogens (tertiary/aromatic N) is 1. The topological polar surface area (TPSA) is 97.4 Å². The van der Waals surface area contributed by atoms with Gasteiger partial charge in [-0.15, -0.1) is 0 Å². The number of ether oxygens (including phenoxy) is 1. The molecule has 0 saturated carbocycles. The van der Waals surface area contributed by atoms with E-state index in [1.807, 2.05) is 30.3 Å². The molecular formula is C24H24FN3O4. The van der Waals surface area contributed by atoms with Crippen molar-refractivity contribution in [3.05, 3.63) is 77.7 Å². The lowest BCUT2D eigenvalue weighted by Gasteiger charge is -2.22. The van der Waals surface area contributed by atoms with Gasteiger partial charge in [0.1, 0.15) is 17.9 Å². The Morgan fingerprint density at radius 1 is 0.969 bits per heavy atom. The predicted octanol–water partition coefficient (Wildman–Crippen LogP) is 2.32. The highest BCUT2D eigenvalue weighted by Gasteiger charge is 2.27. The van der Waals surface area contributed by atoms with Gasteiger partial charge < -0.3 is 15.4 Å². The summed E-state index contributed by atoms with van der Waals surface area (Å²) in [5, 5.41) is 6.15. The smallest absolute Gasteiger partial charge is 0.328 e. The number of pyridine rings is 1. The Morgan fingerprint density at radius 2 is 1.75 bits per heavy atom. The van der Waals surface area contributed by atoms with Crippen LogP contribution in [0.4, 0.5) is 4.39 Å². The van der Waals surface area contributed by atoms with Crippen molar-refractivity contribution < 1.29 is 23.5 Å². The molecule has 0 aliphatic carbocycles. The summed E-state index contributed by atoms with van der Waals surface area (Å²) in [7, 11) is 1.23. The number of benzene rings is 2. The maximum Gasteiger partial charge on any atom is 0.328 e. The minimum Gasteiger partial charge on any atom is -0.467 e. The normalized spacial score (nSPS) is 12.6. The first-order chi connectivity index (χ1) is 15.4. The van der Waals surface area contributed by atoms with E-state index in [0.717, 1.165) is 10.9 Å². The van der Waals surface area contributed by atoms with E-state index in [-0.39, 0.29) is 12.8 Å². The Bertz CT molecular complexity index is 1130. The molecule has 0 fully saturated rings. The molecule has 0 bridgehead atoms. The van der Waals surface area contributed by atoms with Crippen molar-refractivity contribution in [2.24, 2.45) is 0 Å². The lowest BCUT2D eigenvalue weighted by molar-refractivity contribution is -0.145. The summed E-state index contributed by atoms with van der Waals surface area (Å²) in [6.45, 7) is 1.28. The first kappa shape index (κ1) is 22.9. The number of fused-ring (bicyclic) bond motifs is 1. The van der Waals surface area contributed by atoms with Crippen LogP contribution in [0.2, 0.25) is 0 Å². The summed E-state index contributed by atoms with van der Waals surface area (Å²) >= 11 is 0. The highest BCUT2D eigenvalue weighted by Crippen LogP contribution is 2.14. The van der Waals surface area contributed by atoms with Crippen molar-refractivity contribution in [2.75, 3.05) is 7.11 Å². The Labute approximate surface area is 185 Å². The molecule has 0 unspecified atom stereocenters. The minimum atomic E-state index is -1.01. The number of methoxy groups -OCH3 is 1. The van der Waals surface area contributed by atoms with Gasteiger partial charge in [0.25, 0.3) is 0 Å². The fourth-order valence-corrected chi connectivity index (χ4v) is 3.39. The number of esters is 1. The Hall–Kier alpha value is -3.81. The van der Waals surface area contributed by atoms with Crippen molar-refractivity contribution in [3.63, 3.8) is 0 Å². The summed E-state index contributed by atoms with van der Waals surface area (Å²) in [5.41, 5.74) is 1.90. The van der Waals surface area contributed by atoms with Crippen molar-refractivity contribution in [2.45, 2.75) is 31.8 Å². The second kappa shape index (κ2) is 10.5. The van der Waals surface area contributed by atoms with E-state index in [4.69, 9.17) is 4.74 Å². The molecule has 0 spiro atoms. The van der Waals surface area contributed by atoms with Crippen LogP contribution in [-0.4, -0.2) is 42.0 Å². The summed E-state index contributed by atoms with van der Waals surface area (Å²) in [4.78, 5) is 41.5.